The van der Waals surface area contributed by atoms with E-state index in [9.17, 15) is 0 Å². The SMILES string of the molecule is C/C=C(/c1ccc2ccccc2c1-c1nc(-c2ccccc2)nc(-c2cccc3oc4ccccc4c23)n1)c1c(N)oc2cc3ccccc3cc12. The summed E-state index contributed by atoms with van der Waals surface area (Å²) in [4.78, 5) is 15.7. The Bertz CT molecular complexity index is 3050. The number of anilines is 1. The van der Waals surface area contributed by atoms with E-state index < -0.39 is 0 Å². The van der Waals surface area contributed by atoms with Crippen LogP contribution in [0.2, 0.25) is 0 Å². The summed E-state index contributed by atoms with van der Waals surface area (Å²) in [6, 6.07) is 49.3. The minimum atomic E-state index is 0.359. The molecule has 0 fully saturated rings. The van der Waals surface area contributed by atoms with Gasteiger partial charge in [-0.3, -0.25) is 0 Å². The van der Waals surface area contributed by atoms with E-state index in [2.05, 4.69) is 72.8 Å². The van der Waals surface area contributed by atoms with Crippen LogP contribution in [0.4, 0.5) is 5.88 Å². The van der Waals surface area contributed by atoms with Crippen molar-refractivity contribution in [1.29, 1.82) is 0 Å². The van der Waals surface area contributed by atoms with Crippen LogP contribution in [-0.4, -0.2) is 15.0 Å². The zero-order valence-corrected chi connectivity index (χ0v) is 28.2. The van der Waals surface area contributed by atoms with Gasteiger partial charge in [0.2, 0.25) is 0 Å². The third kappa shape index (κ3) is 4.69. The number of aromatic nitrogens is 3. The standard InChI is InChI=1S/C46H30N4O2/c1-2-31(41-36-25-29-16-6-7-17-30(29)26-39(36)52-43(41)47)33-24-23-27-13-8-9-18-32(27)42(33)46-49-44(28-14-4-3-5-15-28)48-45(50-46)35-20-12-22-38-40(35)34-19-10-11-21-37(34)51-38/h2-26H,47H2,1H3/b31-2-. The van der Waals surface area contributed by atoms with Gasteiger partial charge in [-0.2, -0.15) is 0 Å². The summed E-state index contributed by atoms with van der Waals surface area (Å²) in [5, 5.41) is 7.21. The minimum absolute atomic E-state index is 0.359. The lowest BCUT2D eigenvalue weighted by atomic mass is 9.89. The van der Waals surface area contributed by atoms with Crippen LogP contribution in [0.25, 0.3) is 94.2 Å². The predicted octanol–water partition coefficient (Wildman–Crippen LogP) is 11.9. The van der Waals surface area contributed by atoms with E-state index in [0.717, 1.165) is 87.8 Å². The monoisotopic (exact) mass is 670 g/mol. The van der Waals surface area contributed by atoms with Gasteiger partial charge in [0.1, 0.15) is 16.7 Å². The first kappa shape index (κ1) is 29.8. The molecule has 0 aliphatic heterocycles. The normalized spacial score (nSPS) is 12.1. The van der Waals surface area contributed by atoms with Gasteiger partial charge in [-0.1, -0.05) is 127 Å². The lowest BCUT2D eigenvalue weighted by Crippen LogP contribution is -2.03. The Morgan fingerprint density at radius 3 is 2.04 bits per heavy atom. The van der Waals surface area contributed by atoms with Gasteiger partial charge >= 0.3 is 0 Å². The number of para-hydroxylation sites is 1. The molecule has 3 aromatic heterocycles. The Morgan fingerprint density at radius 2 is 1.21 bits per heavy atom. The summed E-state index contributed by atoms with van der Waals surface area (Å²) in [7, 11) is 0. The summed E-state index contributed by atoms with van der Waals surface area (Å²) >= 11 is 0. The van der Waals surface area contributed by atoms with Crippen LogP contribution in [0.3, 0.4) is 0 Å². The highest BCUT2D eigenvalue weighted by Crippen LogP contribution is 2.44. The molecule has 0 amide bonds. The van der Waals surface area contributed by atoms with Gasteiger partial charge in [-0.05, 0) is 63.9 Å². The molecule has 0 saturated carbocycles. The maximum Gasteiger partial charge on any atom is 0.199 e. The van der Waals surface area contributed by atoms with E-state index in [4.69, 9.17) is 29.5 Å². The third-order valence-electron chi connectivity index (χ3n) is 9.90. The van der Waals surface area contributed by atoms with Crippen LogP contribution < -0.4 is 5.73 Å². The average Bonchev–Trinajstić information content (AvgIpc) is 3.73. The van der Waals surface area contributed by atoms with Gasteiger partial charge < -0.3 is 14.6 Å². The molecule has 2 N–H and O–H groups in total. The Kier molecular flexibility index (Phi) is 6.76. The van der Waals surface area contributed by atoms with Crippen molar-refractivity contribution in [3.05, 3.63) is 163 Å². The van der Waals surface area contributed by atoms with Crippen molar-refractivity contribution in [3.63, 3.8) is 0 Å². The third-order valence-corrected chi connectivity index (χ3v) is 9.90. The van der Waals surface area contributed by atoms with Crippen molar-refractivity contribution in [2.24, 2.45) is 0 Å². The van der Waals surface area contributed by atoms with Gasteiger partial charge in [0.15, 0.2) is 23.4 Å². The van der Waals surface area contributed by atoms with Crippen molar-refractivity contribution in [3.8, 4) is 34.2 Å². The second-order valence-corrected chi connectivity index (χ2v) is 12.9. The van der Waals surface area contributed by atoms with Crippen LogP contribution in [0.5, 0.6) is 0 Å². The molecule has 7 aromatic carbocycles. The van der Waals surface area contributed by atoms with E-state index in [1.54, 1.807) is 0 Å². The van der Waals surface area contributed by atoms with Crippen LogP contribution in [0.15, 0.2) is 161 Å². The van der Waals surface area contributed by atoms with E-state index in [-0.39, 0.29) is 0 Å². The number of fused-ring (bicyclic) bond motifs is 6. The molecule has 6 nitrogen and oxygen atoms in total. The summed E-state index contributed by atoms with van der Waals surface area (Å²) in [6.07, 6.45) is 2.10. The number of hydrogen-bond donors (Lipinski definition) is 1. The van der Waals surface area contributed by atoms with Crippen LogP contribution in [0.1, 0.15) is 18.1 Å². The molecule has 0 saturated heterocycles. The molecule has 0 radical (unpaired) electrons. The molecule has 6 heteroatoms. The van der Waals surface area contributed by atoms with Crippen LogP contribution in [-0.2, 0) is 0 Å². The van der Waals surface area contributed by atoms with E-state index in [0.29, 0.717) is 23.4 Å². The average molecular weight is 671 g/mol. The number of benzene rings is 7. The van der Waals surface area contributed by atoms with Crippen molar-refractivity contribution in [1.82, 2.24) is 15.0 Å². The van der Waals surface area contributed by atoms with Crippen molar-refractivity contribution in [2.75, 3.05) is 5.73 Å². The summed E-state index contributed by atoms with van der Waals surface area (Å²) in [5.74, 6) is 2.04. The van der Waals surface area contributed by atoms with Gasteiger partial charge in [-0.15, -0.1) is 0 Å². The van der Waals surface area contributed by atoms with Crippen molar-refractivity contribution >= 4 is 65.9 Å². The van der Waals surface area contributed by atoms with Gasteiger partial charge in [0, 0.05) is 32.8 Å². The van der Waals surface area contributed by atoms with Gasteiger partial charge in [0.05, 0.1) is 5.56 Å². The van der Waals surface area contributed by atoms with Gasteiger partial charge in [0.25, 0.3) is 0 Å². The predicted molar refractivity (Wildman–Crippen MR) is 212 cm³/mol. The highest BCUT2D eigenvalue weighted by atomic mass is 16.3. The number of allylic oxidation sites excluding steroid dienone is 1. The van der Waals surface area contributed by atoms with Crippen molar-refractivity contribution in [2.45, 2.75) is 6.92 Å². The zero-order valence-electron chi connectivity index (χ0n) is 28.2. The molecule has 0 unspecified atom stereocenters. The first-order valence-electron chi connectivity index (χ1n) is 17.3. The fourth-order valence-corrected chi connectivity index (χ4v) is 7.54. The molecule has 52 heavy (non-hydrogen) atoms. The lowest BCUT2D eigenvalue weighted by Gasteiger charge is -2.17. The topological polar surface area (TPSA) is 91.0 Å². The number of nitrogens with zero attached hydrogens (tertiary/aromatic N) is 3. The highest BCUT2D eigenvalue weighted by Gasteiger charge is 2.25. The maximum absolute atomic E-state index is 6.76. The smallest absolute Gasteiger partial charge is 0.199 e. The molecule has 10 rings (SSSR count). The van der Waals surface area contributed by atoms with Crippen LogP contribution in [0, 0.1) is 0 Å². The fraction of sp³-hybridized carbons (Fsp3) is 0.0217. The second-order valence-electron chi connectivity index (χ2n) is 12.9. The fourth-order valence-electron chi connectivity index (χ4n) is 7.54. The molecular weight excluding hydrogens is 641 g/mol. The zero-order chi connectivity index (χ0) is 34.8. The Hall–Kier alpha value is -7.05. The number of rotatable bonds is 5. The van der Waals surface area contributed by atoms with Crippen LogP contribution >= 0.6 is 0 Å². The maximum atomic E-state index is 6.76. The quantitative estimate of drug-likeness (QED) is 0.196. The summed E-state index contributed by atoms with van der Waals surface area (Å²) in [6.45, 7) is 2.03. The largest absolute Gasteiger partial charge is 0.456 e. The summed E-state index contributed by atoms with van der Waals surface area (Å²) < 4.78 is 12.5. The molecule has 0 bridgehead atoms. The highest BCUT2D eigenvalue weighted by molar-refractivity contribution is 6.13. The molecule has 0 aliphatic rings. The molecule has 10 aromatic rings. The Morgan fingerprint density at radius 1 is 0.538 bits per heavy atom. The molecule has 3 heterocycles. The van der Waals surface area contributed by atoms with E-state index >= 15 is 0 Å². The van der Waals surface area contributed by atoms with Crippen molar-refractivity contribution < 1.29 is 8.83 Å². The number of furan rings is 2. The number of nitrogens with two attached hydrogens (primary N) is 1. The summed E-state index contributed by atoms with van der Waals surface area (Å²) in [5.41, 5.74) is 14.4. The number of hydrogen-bond acceptors (Lipinski definition) is 6. The molecular formula is C46H30N4O2. The van der Waals surface area contributed by atoms with E-state index in [1.165, 1.54) is 0 Å². The Balaban J connectivity index is 1.28. The minimum Gasteiger partial charge on any atom is -0.456 e. The first-order chi connectivity index (χ1) is 25.6. The molecule has 0 aliphatic carbocycles. The van der Waals surface area contributed by atoms with Gasteiger partial charge in [-0.25, -0.2) is 15.0 Å². The Labute approximate surface area is 298 Å². The van der Waals surface area contributed by atoms with E-state index in [1.807, 2.05) is 85.8 Å². The number of nitrogen functional groups attached to an aromatic ring is 1. The first-order valence-corrected chi connectivity index (χ1v) is 17.3. The molecule has 0 atom stereocenters. The molecule has 246 valence electrons. The lowest BCUT2D eigenvalue weighted by molar-refractivity contribution is 0.637. The molecule has 0 spiro atoms. The second kappa shape index (κ2) is 11.8.